The van der Waals surface area contributed by atoms with E-state index in [9.17, 15) is 4.79 Å². The zero-order chi connectivity index (χ0) is 10.6. The molecule has 0 aromatic carbocycles. The Bertz CT molecular complexity index is 194. The van der Waals surface area contributed by atoms with E-state index in [0.717, 1.165) is 19.4 Å². The molecule has 0 aliphatic carbocycles. The van der Waals surface area contributed by atoms with Crippen LogP contribution in [-0.4, -0.2) is 34.6 Å². The molecule has 0 spiro atoms. The minimum Gasteiger partial charge on any atom is -0.481 e. The van der Waals surface area contributed by atoms with Crippen LogP contribution >= 0.6 is 0 Å². The Balaban J connectivity index is 2.45. The number of likely N-dealkylation sites (tertiary alicyclic amines) is 1. The lowest BCUT2D eigenvalue weighted by Gasteiger charge is -2.29. The maximum absolute atomic E-state index is 10.7. The number of rotatable bonds is 5. The van der Waals surface area contributed by atoms with Gasteiger partial charge in [0.2, 0.25) is 0 Å². The van der Waals surface area contributed by atoms with E-state index in [1.165, 1.54) is 12.8 Å². The van der Waals surface area contributed by atoms with E-state index in [0.29, 0.717) is 12.5 Å². The second-order valence-corrected chi connectivity index (χ2v) is 4.27. The number of carboxylic acids is 1. The first kappa shape index (κ1) is 11.5. The maximum atomic E-state index is 10.7. The normalized spacial score (nSPS) is 25.1. The van der Waals surface area contributed by atoms with Crippen molar-refractivity contribution in [3.63, 3.8) is 0 Å². The molecule has 1 rings (SSSR count). The Morgan fingerprint density at radius 1 is 1.64 bits per heavy atom. The summed E-state index contributed by atoms with van der Waals surface area (Å²) in [5, 5.41) is 8.78. The van der Waals surface area contributed by atoms with Crippen molar-refractivity contribution in [1.29, 1.82) is 0 Å². The molecular formula is C11H21NO2. The summed E-state index contributed by atoms with van der Waals surface area (Å²) in [5.74, 6) is -0.661. The molecule has 2 unspecified atom stereocenters. The molecule has 2 atom stereocenters. The lowest BCUT2D eigenvalue weighted by atomic mass is 10.1. The first-order chi connectivity index (χ1) is 6.65. The van der Waals surface area contributed by atoms with Crippen LogP contribution in [0.15, 0.2) is 0 Å². The first-order valence-electron chi connectivity index (χ1n) is 5.62. The summed E-state index contributed by atoms with van der Waals surface area (Å²) >= 11 is 0. The van der Waals surface area contributed by atoms with Gasteiger partial charge in [0.25, 0.3) is 0 Å². The molecule has 0 amide bonds. The average Bonchev–Trinajstić information content (AvgIpc) is 2.51. The van der Waals surface area contributed by atoms with E-state index in [4.69, 9.17) is 5.11 Å². The van der Waals surface area contributed by atoms with Crippen molar-refractivity contribution in [2.24, 2.45) is 0 Å². The molecule has 1 aliphatic heterocycles. The van der Waals surface area contributed by atoms with Gasteiger partial charge in [0, 0.05) is 12.1 Å². The van der Waals surface area contributed by atoms with Gasteiger partial charge >= 0.3 is 5.97 Å². The molecule has 3 nitrogen and oxygen atoms in total. The number of hydrogen-bond donors (Lipinski definition) is 1. The molecule has 1 N–H and O–H groups in total. The van der Waals surface area contributed by atoms with Crippen LogP contribution in [0.25, 0.3) is 0 Å². The Morgan fingerprint density at radius 2 is 2.36 bits per heavy atom. The van der Waals surface area contributed by atoms with E-state index in [1.807, 2.05) is 0 Å². The first-order valence-corrected chi connectivity index (χ1v) is 5.62. The molecule has 1 heterocycles. The highest BCUT2D eigenvalue weighted by molar-refractivity contribution is 5.67. The molecule has 14 heavy (non-hydrogen) atoms. The standard InChI is InChI=1S/C11H21NO2/c1-3-5-9(2)12-7-4-6-10(12)8-11(13)14/h9-10H,3-8H2,1-2H3,(H,13,14). The minimum absolute atomic E-state index is 0.286. The van der Waals surface area contributed by atoms with Crippen molar-refractivity contribution < 1.29 is 9.90 Å². The van der Waals surface area contributed by atoms with Gasteiger partial charge in [-0.2, -0.15) is 0 Å². The van der Waals surface area contributed by atoms with Gasteiger partial charge in [-0.3, -0.25) is 9.69 Å². The summed E-state index contributed by atoms with van der Waals surface area (Å²) in [7, 11) is 0. The van der Waals surface area contributed by atoms with E-state index in [2.05, 4.69) is 18.7 Å². The maximum Gasteiger partial charge on any atom is 0.304 e. The minimum atomic E-state index is -0.661. The summed E-state index contributed by atoms with van der Waals surface area (Å²) in [6.07, 6.45) is 4.88. The fourth-order valence-corrected chi connectivity index (χ4v) is 2.44. The molecule has 1 aliphatic rings. The van der Waals surface area contributed by atoms with Gasteiger partial charge in [-0.05, 0) is 32.7 Å². The van der Waals surface area contributed by atoms with Gasteiger partial charge in [-0.25, -0.2) is 0 Å². The predicted octanol–water partition coefficient (Wildman–Crippen LogP) is 2.11. The molecule has 82 valence electrons. The van der Waals surface area contributed by atoms with Crippen molar-refractivity contribution in [3.05, 3.63) is 0 Å². The number of carboxylic acid groups (broad SMARTS) is 1. The Hall–Kier alpha value is -0.570. The lowest BCUT2D eigenvalue weighted by Crippen LogP contribution is -2.38. The van der Waals surface area contributed by atoms with Crippen LogP contribution in [-0.2, 0) is 4.79 Å². The molecule has 0 aromatic rings. The van der Waals surface area contributed by atoms with Crippen molar-refractivity contribution in [2.45, 2.75) is 58.0 Å². The molecule has 0 radical (unpaired) electrons. The molecule has 0 saturated carbocycles. The third-order valence-corrected chi connectivity index (χ3v) is 3.11. The van der Waals surface area contributed by atoms with Gasteiger partial charge in [-0.15, -0.1) is 0 Å². The number of hydrogen-bond acceptors (Lipinski definition) is 2. The number of aliphatic carboxylic acids is 1. The molecule has 1 fully saturated rings. The Kier molecular flexibility index (Phi) is 4.39. The topological polar surface area (TPSA) is 40.5 Å². The largest absolute Gasteiger partial charge is 0.481 e. The number of carbonyl (C=O) groups is 1. The summed E-state index contributed by atoms with van der Waals surface area (Å²) in [4.78, 5) is 13.0. The van der Waals surface area contributed by atoms with E-state index >= 15 is 0 Å². The molecule has 1 saturated heterocycles. The third kappa shape index (κ3) is 2.98. The summed E-state index contributed by atoms with van der Waals surface area (Å²) in [6.45, 7) is 5.47. The second kappa shape index (κ2) is 5.35. The van der Waals surface area contributed by atoms with E-state index in [-0.39, 0.29) is 6.04 Å². The van der Waals surface area contributed by atoms with Crippen molar-refractivity contribution in [2.75, 3.05) is 6.54 Å². The van der Waals surface area contributed by atoms with Crippen LogP contribution in [0.5, 0.6) is 0 Å². The fraction of sp³-hybridized carbons (Fsp3) is 0.909. The van der Waals surface area contributed by atoms with Gasteiger partial charge in [0.05, 0.1) is 6.42 Å². The van der Waals surface area contributed by atoms with Crippen molar-refractivity contribution >= 4 is 5.97 Å². The van der Waals surface area contributed by atoms with E-state index < -0.39 is 5.97 Å². The van der Waals surface area contributed by atoms with Crippen LogP contribution in [0.4, 0.5) is 0 Å². The summed E-state index contributed by atoms with van der Waals surface area (Å²) < 4.78 is 0. The van der Waals surface area contributed by atoms with Gasteiger partial charge in [0.15, 0.2) is 0 Å². The molecule has 0 aromatic heterocycles. The fourth-order valence-electron chi connectivity index (χ4n) is 2.44. The van der Waals surface area contributed by atoms with Crippen LogP contribution in [0, 0.1) is 0 Å². The summed E-state index contributed by atoms with van der Waals surface area (Å²) in [6, 6.07) is 0.834. The second-order valence-electron chi connectivity index (χ2n) is 4.27. The average molecular weight is 199 g/mol. The van der Waals surface area contributed by atoms with Gasteiger partial charge in [-0.1, -0.05) is 13.3 Å². The molecular weight excluding hydrogens is 178 g/mol. The van der Waals surface area contributed by atoms with Crippen LogP contribution in [0.3, 0.4) is 0 Å². The molecule has 0 bridgehead atoms. The Morgan fingerprint density at radius 3 is 2.93 bits per heavy atom. The SMILES string of the molecule is CCCC(C)N1CCCC1CC(=O)O. The van der Waals surface area contributed by atoms with Crippen LogP contribution in [0.1, 0.15) is 46.0 Å². The van der Waals surface area contributed by atoms with Crippen LogP contribution in [0.2, 0.25) is 0 Å². The van der Waals surface area contributed by atoms with Crippen molar-refractivity contribution in [1.82, 2.24) is 4.90 Å². The van der Waals surface area contributed by atoms with Gasteiger partial charge < -0.3 is 5.11 Å². The smallest absolute Gasteiger partial charge is 0.304 e. The highest BCUT2D eigenvalue weighted by atomic mass is 16.4. The third-order valence-electron chi connectivity index (χ3n) is 3.11. The Labute approximate surface area is 86.1 Å². The zero-order valence-electron chi connectivity index (χ0n) is 9.20. The lowest BCUT2D eigenvalue weighted by molar-refractivity contribution is -0.138. The highest BCUT2D eigenvalue weighted by Crippen LogP contribution is 2.24. The zero-order valence-corrected chi connectivity index (χ0v) is 9.20. The summed E-state index contributed by atoms with van der Waals surface area (Å²) in [5.41, 5.74) is 0. The van der Waals surface area contributed by atoms with E-state index in [1.54, 1.807) is 0 Å². The number of nitrogens with zero attached hydrogens (tertiary/aromatic N) is 1. The quantitative estimate of drug-likeness (QED) is 0.737. The van der Waals surface area contributed by atoms with Crippen LogP contribution < -0.4 is 0 Å². The molecule has 3 heteroatoms. The van der Waals surface area contributed by atoms with Gasteiger partial charge in [0.1, 0.15) is 0 Å². The monoisotopic (exact) mass is 199 g/mol. The van der Waals surface area contributed by atoms with Crippen molar-refractivity contribution in [3.8, 4) is 0 Å². The predicted molar refractivity (Wildman–Crippen MR) is 56.4 cm³/mol. The highest BCUT2D eigenvalue weighted by Gasteiger charge is 2.29.